The van der Waals surface area contributed by atoms with Crippen molar-refractivity contribution < 1.29 is 19.0 Å². The minimum atomic E-state index is -0.303. The predicted octanol–water partition coefficient (Wildman–Crippen LogP) is 5.21. The summed E-state index contributed by atoms with van der Waals surface area (Å²) in [4.78, 5) is 18.7. The lowest BCUT2D eigenvalue weighted by Gasteiger charge is -2.11. The summed E-state index contributed by atoms with van der Waals surface area (Å²) < 4.78 is 19.0. The average Bonchev–Trinajstić information content (AvgIpc) is 3.22. The van der Waals surface area contributed by atoms with E-state index in [2.05, 4.69) is 27.1 Å². The molecule has 0 radical (unpaired) electrons. The summed E-state index contributed by atoms with van der Waals surface area (Å²) in [5.41, 5.74) is 7.18. The maximum Gasteiger partial charge on any atom is 0.290 e. The van der Waals surface area contributed by atoms with Gasteiger partial charge in [0.1, 0.15) is 35.1 Å². The number of hydrogen-bond acceptors (Lipinski definition) is 7. The first-order chi connectivity index (χ1) is 16.4. The Morgan fingerprint density at radius 1 is 1.29 bits per heavy atom. The van der Waals surface area contributed by atoms with Crippen LogP contribution in [0.1, 0.15) is 17.4 Å². The molecule has 0 aliphatic carbocycles. The van der Waals surface area contributed by atoms with Crippen LogP contribution < -0.4 is 15.8 Å². The van der Waals surface area contributed by atoms with Crippen molar-refractivity contribution in [3.63, 3.8) is 0 Å². The van der Waals surface area contributed by atoms with E-state index in [1.165, 1.54) is 29.8 Å². The highest BCUT2D eigenvalue weighted by Gasteiger charge is 2.10. The molecule has 2 heterocycles. The second-order valence-corrected chi connectivity index (χ2v) is 8.34. The summed E-state index contributed by atoms with van der Waals surface area (Å²) >= 11 is 7.87. The van der Waals surface area contributed by atoms with Crippen LogP contribution in [0, 0.1) is 17.7 Å². The molecule has 0 bridgehead atoms. The van der Waals surface area contributed by atoms with Gasteiger partial charge in [0.05, 0.1) is 21.3 Å². The summed E-state index contributed by atoms with van der Waals surface area (Å²) in [6, 6.07) is 13.3. The van der Waals surface area contributed by atoms with Crippen LogP contribution in [0.3, 0.4) is 0 Å². The third kappa shape index (κ3) is 6.89. The van der Waals surface area contributed by atoms with Gasteiger partial charge in [-0.3, -0.25) is 4.79 Å². The van der Waals surface area contributed by atoms with E-state index in [1.54, 1.807) is 24.3 Å². The first kappa shape index (κ1) is 24.9. The van der Waals surface area contributed by atoms with Crippen molar-refractivity contribution in [3.05, 3.63) is 76.1 Å². The Morgan fingerprint density at radius 2 is 2.09 bits per heavy atom. The summed E-state index contributed by atoms with van der Waals surface area (Å²) in [5, 5.41) is 11.5. The summed E-state index contributed by atoms with van der Waals surface area (Å²) in [7, 11) is 0. The number of rotatable bonds is 5. The van der Waals surface area contributed by atoms with Gasteiger partial charge in [0.15, 0.2) is 0 Å². The maximum absolute atomic E-state index is 13.3. The molecule has 0 amide bonds. The molecule has 7 nitrogen and oxygen atoms in total. The fraction of sp³-hybridized carbons (Fsp3) is 0.125. The third-order valence-electron chi connectivity index (χ3n) is 4.23. The Labute approximate surface area is 204 Å². The molecule has 174 valence electrons. The molecule has 0 saturated carbocycles. The van der Waals surface area contributed by atoms with Crippen LogP contribution in [0.5, 0.6) is 5.75 Å². The Morgan fingerprint density at radius 3 is 2.79 bits per heavy atom. The quantitative estimate of drug-likeness (QED) is 0.256. The van der Waals surface area contributed by atoms with Crippen LogP contribution in [0.2, 0.25) is 5.02 Å². The molecule has 0 saturated heterocycles. The number of anilines is 2. The van der Waals surface area contributed by atoms with Crippen molar-refractivity contribution in [2.24, 2.45) is 5.73 Å². The lowest BCUT2D eigenvalue weighted by Crippen LogP contribution is -2.10. The molecule has 0 aliphatic heterocycles. The van der Waals surface area contributed by atoms with E-state index < -0.39 is 0 Å². The average molecular weight is 499 g/mol. The van der Waals surface area contributed by atoms with Gasteiger partial charge in [0, 0.05) is 5.69 Å². The van der Waals surface area contributed by atoms with Crippen LogP contribution in [0.15, 0.2) is 54.9 Å². The standard InChI is InChI=1S/C23H18ClFN4OS.CH2O2/c1-14(26)5-7-18-11-19-22(27-13-28-23(19)31-18)29-17-6-8-21(20(24)10-17)30-12-15-3-2-4-16(25)9-15;2-1-3/h2-4,6,8-11,13-14H,12,26H2,1H3,(H,27,28,29);1H,(H,2,3)/t14-;/m1./s1. The van der Waals surface area contributed by atoms with E-state index in [0.29, 0.717) is 16.6 Å². The SMILES string of the molecule is C[C@@H](N)C#Cc1cc2c(Nc3ccc(OCc4cccc(F)c4)c(Cl)c3)ncnc2s1.O=CO. The number of hydrogen-bond donors (Lipinski definition) is 3. The number of halogens is 2. The molecule has 0 unspecified atom stereocenters. The molecule has 0 fully saturated rings. The topological polar surface area (TPSA) is 110 Å². The minimum Gasteiger partial charge on any atom is -0.487 e. The lowest BCUT2D eigenvalue weighted by molar-refractivity contribution is -0.122. The van der Waals surface area contributed by atoms with Crippen molar-refractivity contribution in [2.45, 2.75) is 19.6 Å². The highest BCUT2D eigenvalue weighted by Crippen LogP contribution is 2.33. The van der Waals surface area contributed by atoms with E-state index in [0.717, 1.165) is 26.3 Å². The van der Waals surface area contributed by atoms with Crippen LogP contribution in [0.4, 0.5) is 15.9 Å². The molecule has 4 rings (SSSR count). The highest BCUT2D eigenvalue weighted by atomic mass is 35.5. The molecule has 0 spiro atoms. The van der Waals surface area contributed by atoms with Crippen LogP contribution >= 0.6 is 22.9 Å². The first-order valence-corrected chi connectivity index (χ1v) is 11.1. The summed E-state index contributed by atoms with van der Waals surface area (Å²) in [6.45, 7) is 1.80. The van der Waals surface area contributed by atoms with Crippen molar-refractivity contribution >= 4 is 51.1 Å². The molecular weight excluding hydrogens is 479 g/mol. The van der Waals surface area contributed by atoms with Gasteiger partial charge in [0.25, 0.3) is 6.47 Å². The second kappa shape index (κ2) is 12.0. The Bertz CT molecular complexity index is 1350. The maximum atomic E-state index is 13.3. The number of aromatic nitrogens is 2. The molecule has 4 N–H and O–H groups in total. The Balaban J connectivity index is 0.00000103. The summed E-state index contributed by atoms with van der Waals surface area (Å²) in [5.74, 6) is 6.87. The minimum absolute atomic E-state index is 0.197. The zero-order valence-corrected chi connectivity index (χ0v) is 19.5. The molecule has 2 aromatic carbocycles. The predicted molar refractivity (Wildman–Crippen MR) is 132 cm³/mol. The third-order valence-corrected chi connectivity index (χ3v) is 5.48. The van der Waals surface area contributed by atoms with Crippen molar-refractivity contribution in [3.8, 4) is 17.6 Å². The molecule has 0 aliphatic rings. The number of benzene rings is 2. The molecular formula is C24H20ClFN4O3S. The number of carboxylic acid groups (broad SMARTS) is 1. The van der Waals surface area contributed by atoms with Gasteiger partial charge >= 0.3 is 0 Å². The highest BCUT2D eigenvalue weighted by molar-refractivity contribution is 7.19. The lowest BCUT2D eigenvalue weighted by atomic mass is 10.2. The normalized spacial score (nSPS) is 10.9. The molecule has 1 atom stereocenters. The number of carbonyl (C=O) groups is 1. The van der Waals surface area contributed by atoms with Crippen molar-refractivity contribution in [1.82, 2.24) is 9.97 Å². The second-order valence-electron chi connectivity index (χ2n) is 6.90. The van der Waals surface area contributed by atoms with Crippen LogP contribution in [-0.4, -0.2) is 27.6 Å². The Kier molecular flexibility index (Phi) is 8.76. The van der Waals surface area contributed by atoms with E-state index in [-0.39, 0.29) is 24.9 Å². The van der Waals surface area contributed by atoms with Crippen molar-refractivity contribution in [1.29, 1.82) is 0 Å². The number of ether oxygens (including phenoxy) is 1. The van der Waals surface area contributed by atoms with Crippen LogP contribution in [-0.2, 0) is 11.4 Å². The summed E-state index contributed by atoms with van der Waals surface area (Å²) in [6.07, 6.45) is 1.50. The van der Waals surface area contributed by atoms with Gasteiger partial charge < -0.3 is 20.9 Å². The van der Waals surface area contributed by atoms with E-state index in [4.69, 9.17) is 32.0 Å². The molecule has 10 heteroatoms. The van der Waals surface area contributed by atoms with Gasteiger partial charge in [-0.05, 0) is 48.9 Å². The number of nitrogens with two attached hydrogens (primary N) is 1. The fourth-order valence-electron chi connectivity index (χ4n) is 2.82. The number of fused-ring (bicyclic) bond motifs is 1. The van der Waals surface area contributed by atoms with Crippen LogP contribution in [0.25, 0.3) is 10.2 Å². The van der Waals surface area contributed by atoms with E-state index in [9.17, 15) is 4.39 Å². The van der Waals surface area contributed by atoms with E-state index in [1.807, 2.05) is 19.1 Å². The van der Waals surface area contributed by atoms with Crippen molar-refractivity contribution in [2.75, 3.05) is 5.32 Å². The van der Waals surface area contributed by atoms with Gasteiger partial charge in [-0.15, -0.1) is 11.3 Å². The van der Waals surface area contributed by atoms with Gasteiger partial charge in [-0.2, -0.15) is 0 Å². The molecule has 2 aromatic heterocycles. The largest absolute Gasteiger partial charge is 0.487 e. The van der Waals surface area contributed by atoms with Gasteiger partial charge in [-0.25, -0.2) is 14.4 Å². The van der Waals surface area contributed by atoms with E-state index >= 15 is 0 Å². The molecule has 34 heavy (non-hydrogen) atoms. The first-order valence-electron chi connectivity index (χ1n) is 9.93. The Hall–Kier alpha value is -3.71. The van der Waals surface area contributed by atoms with Gasteiger partial charge in [-0.1, -0.05) is 35.6 Å². The number of nitrogens with one attached hydrogen (secondary N) is 1. The fourth-order valence-corrected chi connectivity index (χ4v) is 3.92. The number of thiophene rings is 1. The van der Waals surface area contributed by atoms with Gasteiger partial charge in [0.2, 0.25) is 0 Å². The monoisotopic (exact) mass is 498 g/mol. The zero-order valence-electron chi connectivity index (χ0n) is 18.0. The smallest absolute Gasteiger partial charge is 0.290 e. The zero-order chi connectivity index (χ0) is 24.5. The number of nitrogens with zero attached hydrogens (tertiary/aromatic N) is 2. The molecule has 4 aromatic rings.